The third kappa shape index (κ3) is 7.15. The highest BCUT2D eigenvalue weighted by molar-refractivity contribution is 8.48. The Morgan fingerprint density at radius 1 is 1.19 bits per heavy atom. The predicted octanol–water partition coefficient (Wildman–Crippen LogP) is 5.80. The lowest BCUT2D eigenvalue weighted by atomic mass is 9.75. The van der Waals surface area contributed by atoms with Gasteiger partial charge in [0.1, 0.15) is 6.10 Å². The number of hydrogen-bond acceptors (Lipinski definition) is 2. The van der Waals surface area contributed by atoms with Crippen molar-refractivity contribution in [2.75, 3.05) is 0 Å². The Labute approximate surface area is 121 Å². The minimum atomic E-state index is -9.72. The first-order valence-electron chi connectivity index (χ1n) is 6.80. The van der Waals surface area contributed by atoms with Gasteiger partial charge in [-0.05, 0) is 30.6 Å². The fraction of sp³-hybridized carbons (Fsp3) is 0.769. The van der Waals surface area contributed by atoms with Crippen LogP contribution in [0.25, 0.3) is 0 Å². The van der Waals surface area contributed by atoms with Crippen LogP contribution < -0.4 is 0 Å². The van der Waals surface area contributed by atoms with Gasteiger partial charge in [-0.25, -0.2) is 4.79 Å². The molecule has 1 rings (SSSR count). The first-order chi connectivity index (χ1) is 9.16. The van der Waals surface area contributed by atoms with Gasteiger partial charge in [0.05, 0.1) is 5.41 Å². The molecule has 0 N–H and O–H groups in total. The molecule has 1 aliphatic carbocycles. The topological polar surface area (TPSA) is 26.3 Å². The van der Waals surface area contributed by atoms with Crippen LogP contribution in [0.4, 0.5) is 19.4 Å². The summed E-state index contributed by atoms with van der Waals surface area (Å²) in [6, 6.07) is 0. The lowest BCUT2D eigenvalue weighted by Gasteiger charge is -2.37. The zero-order chi connectivity index (χ0) is 16.5. The van der Waals surface area contributed by atoms with Crippen LogP contribution in [0.2, 0.25) is 0 Å². The first-order valence-corrected chi connectivity index (χ1v) is 8.82. The molecule has 1 fully saturated rings. The van der Waals surface area contributed by atoms with Crippen LogP contribution in [0.3, 0.4) is 0 Å². The second-order valence-corrected chi connectivity index (χ2v) is 8.46. The van der Waals surface area contributed by atoms with Crippen LogP contribution in [-0.4, -0.2) is 12.1 Å². The summed E-state index contributed by atoms with van der Waals surface area (Å²) < 4.78 is 65.6. The number of esters is 1. The third-order valence-electron chi connectivity index (χ3n) is 3.69. The summed E-state index contributed by atoms with van der Waals surface area (Å²) >= 11 is 0. The van der Waals surface area contributed by atoms with E-state index < -0.39 is 27.7 Å². The van der Waals surface area contributed by atoms with Gasteiger partial charge < -0.3 is 4.74 Å². The van der Waals surface area contributed by atoms with Crippen LogP contribution in [0.5, 0.6) is 0 Å². The molecule has 0 aromatic heterocycles. The van der Waals surface area contributed by atoms with Crippen molar-refractivity contribution < 1.29 is 29.0 Å². The molecule has 8 heteroatoms. The van der Waals surface area contributed by atoms with Crippen molar-refractivity contribution in [1.29, 1.82) is 0 Å². The van der Waals surface area contributed by atoms with Crippen molar-refractivity contribution in [1.82, 2.24) is 0 Å². The number of carbonyl (C=O) groups excluding carboxylic acids is 1. The van der Waals surface area contributed by atoms with Crippen LogP contribution in [0, 0.1) is 17.8 Å². The number of rotatable bonds is 4. The van der Waals surface area contributed by atoms with Crippen molar-refractivity contribution in [2.24, 2.45) is 17.8 Å². The second-order valence-electron chi connectivity index (χ2n) is 6.13. The van der Waals surface area contributed by atoms with Gasteiger partial charge in [0.15, 0.2) is 0 Å². The Kier molecular flexibility index (Phi) is 4.47. The average Bonchev–Trinajstić information content (AvgIpc) is 2.23. The molecule has 3 atom stereocenters. The molecule has 0 heterocycles. The second kappa shape index (κ2) is 5.14. The summed E-state index contributed by atoms with van der Waals surface area (Å²) in [5.41, 5.74) is 0. The van der Waals surface area contributed by atoms with Crippen molar-refractivity contribution >= 4 is 16.2 Å². The minimum absolute atomic E-state index is 0.0403. The van der Waals surface area contributed by atoms with E-state index in [9.17, 15) is 24.2 Å². The van der Waals surface area contributed by atoms with Crippen molar-refractivity contribution in [3.8, 4) is 0 Å². The van der Waals surface area contributed by atoms with E-state index >= 15 is 0 Å². The molecular formula is C13H21F5O2S. The maximum Gasteiger partial charge on any atom is 0.331 e. The van der Waals surface area contributed by atoms with E-state index in [0.717, 1.165) is 12.8 Å². The standard InChI is InChI=1S/C13H21F5O2S/c1-9(2)11-5-4-10(3)8-12(11)20-13(19)6-7-21(14,15,16,17)18/h6-7,9-12H,4-5,8H2,1-3H3/b7-6+/t10-,11+,12-/m1/s1. The molecule has 0 amide bonds. The summed E-state index contributed by atoms with van der Waals surface area (Å²) in [6.07, 6.45) is 1.57. The molecule has 0 unspecified atom stereocenters. The number of ether oxygens (including phenoxy) is 1. The van der Waals surface area contributed by atoms with Gasteiger partial charge >= 0.3 is 16.2 Å². The van der Waals surface area contributed by atoms with Gasteiger partial charge in [0.2, 0.25) is 0 Å². The van der Waals surface area contributed by atoms with Gasteiger partial charge in [-0.15, -0.1) is 0 Å². The van der Waals surface area contributed by atoms with Crippen molar-refractivity contribution in [3.63, 3.8) is 0 Å². The summed E-state index contributed by atoms with van der Waals surface area (Å²) in [5.74, 6) is -0.834. The predicted molar refractivity (Wildman–Crippen MR) is 73.5 cm³/mol. The molecule has 1 saturated carbocycles. The Bertz CT molecular complexity index is 429. The van der Waals surface area contributed by atoms with Gasteiger partial charge in [-0.1, -0.05) is 46.6 Å². The molecule has 0 bridgehead atoms. The first kappa shape index (κ1) is 18.3. The molecule has 0 aromatic rings. The molecule has 1 aliphatic rings. The molecule has 126 valence electrons. The van der Waals surface area contributed by atoms with Crippen LogP contribution in [0.1, 0.15) is 40.0 Å². The highest BCUT2D eigenvalue weighted by Gasteiger charge is 2.60. The Morgan fingerprint density at radius 2 is 1.76 bits per heavy atom. The Morgan fingerprint density at radius 3 is 2.24 bits per heavy atom. The summed E-state index contributed by atoms with van der Waals surface area (Å²) in [4.78, 5) is 11.4. The lowest BCUT2D eigenvalue weighted by Crippen LogP contribution is -2.35. The fourth-order valence-corrected chi connectivity index (χ4v) is 2.99. The number of halogens is 5. The quantitative estimate of drug-likeness (QED) is 0.368. The molecule has 2 nitrogen and oxygen atoms in total. The van der Waals surface area contributed by atoms with E-state index in [1.165, 1.54) is 0 Å². The SMILES string of the molecule is CC(C)[C@@H]1CC[C@@H](C)C[C@H]1OC(=O)/C=C/S(F)(F)(F)(F)F. The maximum absolute atomic E-state index is 12.1. The Balaban J connectivity index is 2.75. The number of hydrogen-bond donors (Lipinski definition) is 0. The van der Waals surface area contributed by atoms with Gasteiger partial charge in [0.25, 0.3) is 0 Å². The molecule has 0 saturated heterocycles. The molecular weight excluding hydrogens is 315 g/mol. The van der Waals surface area contributed by atoms with Crippen molar-refractivity contribution in [2.45, 2.75) is 46.1 Å². The largest absolute Gasteiger partial charge is 0.459 e. The minimum Gasteiger partial charge on any atom is -0.459 e. The monoisotopic (exact) mass is 336 g/mol. The normalized spacial score (nSPS) is 31.0. The lowest BCUT2D eigenvalue weighted by molar-refractivity contribution is -0.149. The molecule has 0 spiro atoms. The molecule has 0 aromatic carbocycles. The average molecular weight is 336 g/mol. The smallest absolute Gasteiger partial charge is 0.331 e. The molecule has 0 aliphatic heterocycles. The van der Waals surface area contributed by atoms with Crippen LogP contribution in [-0.2, 0) is 9.53 Å². The highest BCUT2D eigenvalue weighted by Crippen LogP contribution is 2.98. The van der Waals surface area contributed by atoms with E-state index in [-0.39, 0.29) is 23.8 Å². The Hall–Kier alpha value is -0.790. The van der Waals surface area contributed by atoms with E-state index in [0.29, 0.717) is 6.42 Å². The molecule has 21 heavy (non-hydrogen) atoms. The van der Waals surface area contributed by atoms with E-state index in [2.05, 4.69) is 0 Å². The van der Waals surface area contributed by atoms with E-state index in [1.54, 1.807) is 0 Å². The van der Waals surface area contributed by atoms with Gasteiger partial charge in [-0.2, -0.15) is 0 Å². The summed E-state index contributed by atoms with van der Waals surface area (Å²) in [7, 11) is -9.72. The van der Waals surface area contributed by atoms with Crippen LogP contribution >= 0.6 is 10.2 Å². The fourth-order valence-electron chi connectivity index (χ4n) is 2.62. The zero-order valence-electron chi connectivity index (χ0n) is 12.2. The van der Waals surface area contributed by atoms with E-state index in [4.69, 9.17) is 4.74 Å². The highest BCUT2D eigenvalue weighted by atomic mass is 32.5. The van der Waals surface area contributed by atoms with Crippen molar-refractivity contribution in [3.05, 3.63) is 11.5 Å². The summed E-state index contributed by atoms with van der Waals surface area (Å²) in [6.45, 7) is 5.83. The maximum atomic E-state index is 12.1. The van der Waals surface area contributed by atoms with Gasteiger partial charge in [0, 0.05) is 6.08 Å². The van der Waals surface area contributed by atoms with Crippen LogP contribution in [0.15, 0.2) is 11.5 Å². The summed E-state index contributed by atoms with van der Waals surface area (Å²) in [5, 5.41) is -1.25. The number of carbonyl (C=O) groups is 1. The van der Waals surface area contributed by atoms with Gasteiger partial charge in [-0.3, -0.25) is 0 Å². The third-order valence-corrected chi connectivity index (χ3v) is 4.34. The zero-order valence-corrected chi connectivity index (χ0v) is 13.0. The van der Waals surface area contributed by atoms with E-state index in [1.807, 2.05) is 20.8 Å². The molecule has 0 radical (unpaired) electrons.